The van der Waals surface area contributed by atoms with Crippen LogP contribution in [0.4, 0.5) is 11.6 Å². The van der Waals surface area contributed by atoms with E-state index in [4.69, 9.17) is 9.47 Å². The Kier molecular flexibility index (Phi) is 19.8. The number of ketones is 4. The predicted molar refractivity (Wildman–Crippen MR) is 187 cm³/mol. The summed E-state index contributed by atoms with van der Waals surface area (Å²) in [5.74, 6) is -0.293. The fourth-order valence-corrected chi connectivity index (χ4v) is 4.91. The van der Waals surface area contributed by atoms with E-state index in [1.54, 1.807) is 34.6 Å². The molecule has 2 aromatic rings. The fraction of sp³-hybridized carbons (Fsp3) is 0.588. The molecular formula is C34H47BN6NaO10. The van der Waals surface area contributed by atoms with E-state index in [1.807, 2.05) is 6.92 Å². The Labute approximate surface area is 328 Å². The number of aliphatic hydroxyl groups is 2. The molecule has 0 bridgehead atoms. The Balaban J connectivity index is 0.000000966. The van der Waals surface area contributed by atoms with Crippen LogP contribution in [0.5, 0.6) is 0 Å². The molecule has 18 heteroatoms. The number of ether oxygens (including phenoxy) is 2. The molecule has 0 saturated heterocycles. The SMILES string of the molecule is CC[C@H](C=O)O[C@H](C=O)n1cnc2c1N=C(CC(=O)C(C)C)CC2=O.CC[C@H](CO)O[C@H](CO)n1cnc2c1N=C(CC(=O)C(C)C)CC2=O.[B].[H-].[Na+]. The molecule has 4 rings (SSSR count). The van der Waals surface area contributed by atoms with Crippen LogP contribution < -0.4 is 29.6 Å². The molecule has 0 aromatic carbocycles. The number of imidazole rings is 2. The van der Waals surface area contributed by atoms with Crippen molar-refractivity contribution < 1.29 is 79.4 Å². The molecule has 2 aromatic heterocycles. The maximum absolute atomic E-state index is 12.3. The summed E-state index contributed by atoms with van der Waals surface area (Å²) in [7, 11) is 0. The van der Waals surface area contributed by atoms with Gasteiger partial charge < -0.3 is 25.9 Å². The van der Waals surface area contributed by atoms with Crippen LogP contribution in [0.1, 0.15) is 115 Å². The van der Waals surface area contributed by atoms with Crippen molar-refractivity contribution in [3.05, 3.63) is 24.0 Å². The molecular weight excluding hydrogens is 686 g/mol. The first-order chi connectivity index (χ1) is 23.8. The van der Waals surface area contributed by atoms with E-state index in [0.29, 0.717) is 36.8 Å². The topological polar surface area (TPSA) is 222 Å². The van der Waals surface area contributed by atoms with Gasteiger partial charge in [0, 0.05) is 44.5 Å². The number of hydrogen-bond donors (Lipinski definition) is 2. The number of rotatable bonds is 18. The second kappa shape index (κ2) is 22.0. The normalized spacial score (nSPS) is 15.7. The van der Waals surface area contributed by atoms with E-state index >= 15 is 0 Å². The first-order valence-electron chi connectivity index (χ1n) is 16.6. The Morgan fingerprint density at radius 2 is 1.29 bits per heavy atom. The Hall–Kier alpha value is -3.32. The first-order valence-corrected chi connectivity index (χ1v) is 16.6. The summed E-state index contributed by atoms with van der Waals surface area (Å²) >= 11 is 0. The van der Waals surface area contributed by atoms with Gasteiger partial charge in [-0.25, -0.2) is 20.0 Å². The van der Waals surface area contributed by atoms with Crippen LogP contribution >= 0.6 is 0 Å². The molecule has 4 atom stereocenters. The number of carbonyl (C=O) groups excluding carboxylic acids is 6. The van der Waals surface area contributed by atoms with Gasteiger partial charge >= 0.3 is 29.6 Å². The van der Waals surface area contributed by atoms with Crippen LogP contribution in [-0.2, 0) is 28.7 Å². The third kappa shape index (κ3) is 11.8. The van der Waals surface area contributed by atoms with Gasteiger partial charge in [0.1, 0.15) is 24.0 Å². The number of aliphatic imine (C=N–C) groups is 2. The van der Waals surface area contributed by atoms with Crippen LogP contribution in [0.15, 0.2) is 22.6 Å². The van der Waals surface area contributed by atoms with Crippen molar-refractivity contribution in [1.29, 1.82) is 0 Å². The second-order valence-electron chi connectivity index (χ2n) is 12.5. The molecule has 2 aliphatic rings. The second-order valence-corrected chi connectivity index (χ2v) is 12.5. The zero-order valence-electron chi connectivity index (χ0n) is 31.9. The van der Waals surface area contributed by atoms with Gasteiger partial charge in [-0.2, -0.15) is 0 Å². The van der Waals surface area contributed by atoms with Gasteiger partial charge in [0.05, 0.1) is 44.8 Å². The number of nitrogens with zero attached hydrogens (tertiary/aromatic N) is 6. The number of aromatic nitrogens is 4. The van der Waals surface area contributed by atoms with Crippen molar-refractivity contribution in [2.24, 2.45) is 21.8 Å². The minimum Gasteiger partial charge on any atom is -1.00 e. The van der Waals surface area contributed by atoms with Crippen molar-refractivity contribution in [2.45, 2.75) is 105 Å². The average molecular weight is 734 g/mol. The molecule has 0 aliphatic carbocycles. The largest absolute Gasteiger partial charge is 1.00 e. The zero-order valence-corrected chi connectivity index (χ0v) is 32.9. The van der Waals surface area contributed by atoms with Crippen LogP contribution in [0, 0.1) is 11.8 Å². The Morgan fingerprint density at radius 1 is 0.808 bits per heavy atom. The standard InChI is InChI=1S/C17H25N3O5.C17H21N3O5.B.Na.H/c2*1-4-12(7-21)25-15(8-22)20-9-18-16-14(24)6-11(19-17(16)20)5-13(23)10(2)3;;;/h9-10,12,15,21-22H,4-8H2,1-3H3;7-10,12,15H,4-6H2,1-3H3;;;/q;;;+1;-1/t2*12-,15-;;;/m11.../s1. The molecule has 0 fully saturated rings. The van der Waals surface area contributed by atoms with Crippen molar-refractivity contribution in [1.82, 2.24) is 19.1 Å². The number of aliphatic hydroxyl groups excluding tert-OH is 2. The van der Waals surface area contributed by atoms with Crippen molar-refractivity contribution >= 4 is 67.2 Å². The summed E-state index contributed by atoms with van der Waals surface area (Å²) in [6.45, 7) is 10.2. The van der Waals surface area contributed by atoms with E-state index in [1.165, 1.54) is 21.8 Å². The van der Waals surface area contributed by atoms with Crippen molar-refractivity contribution in [3.8, 4) is 0 Å². The molecule has 4 heterocycles. The number of hydrogen-bond acceptors (Lipinski definition) is 14. The van der Waals surface area contributed by atoms with Gasteiger partial charge in [0.15, 0.2) is 53.3 Å². The van der Waals surface area contributed by atoms with Crippen LogP contribution in [0.3, 0.4) is 0 Å². The summed E-state index contributed by atoms with van der Waals surface area (Å²) in [5, 5.41) is 18.9. The van der Waals surface area contributed by atoms with E-state index in [-0.39, 0.29) is 136 Å². The molecule has 0 amide bonds. The minimum atomic E-state index is -1.12. The molecule has 0 unspecified atom stereocenters. The molecule has 2 N–H and O–H groups in total. The van der Waals surface area contributed by atoms with E-state index in [0.717, 1.165) is 0 Å². The van der Waals surface area contributed by atoms with E-state index < -0.39 is 24.7 Å². The van der Waals surface area contributed by atoms with Crippen LogP contribution in [0.25, 0.3) is 0 Å². The van der Waals surface area contributed by atoms with Gasteiger partial charge in [-0.05, 0) is 12.8 Å². The number of aldehydes is 2. The summed E-state index contributed by atoms with van der Waals surface area (Å²) < 4.78 is 13.9. The smallest absolute Gasteiger partial charge is 1.00 e. The molecule has 3 radical (unpaired) electrons. The van der Waals surface area contributed by atoms with Gasteiger partial charge in [-0.1, -0.05) is 41.5 Å². The Bertz CT molecular complexity index is 1640. The van der Waals surface area contributed by atoms with Gasteiger partial charge in [-0.3, -0.25) is 33.1 Å². The third-order valence-corrected chi connectivity index (χ3v) is 8.10. The van der Waals surface area contributed by atoms with E-state index in [2.05, 4.69) is 20.0 Å². The van der Waals surface area contributed by atoms with Gasteiger partial charge in [0.2, 0.25) is 0 Å². The fourth-order valence-electron chi connectivity index (χ4n) is 4.91. The molecule has 277 valence electrons. The quantitative estimate of drug-likeness (QED) is 0.153. The summed E-state index contributed by atoms with van der Waals surface area (Å²) in [5.41, 5.74) is 1.27. The molecule has 16 nitrogen and oxygen atoms in total. The van der Waals surface area contributed by atoms with Crippen molar-refractivity contribution in [2.75, 3.05) is 13.2 Å². The molecule has 0 saturated carbocycles. The van der Waals surface area contributed by atoms with Gasteiger partial charge in [-0.15, -0.1) is 0 Å². The van der Waals surface area contributed by atoms with Gasteiger partial charge in [0.25, 0.3) is 0 Å². The summed E-state index contributed by atoms with van der Waals surface area (Å²) in [6, 6.07) is 0. The zero-order chi connectivity index (χ0) is 37.1. The van der Waals surface area contributed by atoms with Crippen molar-refractivity contribution in [3.63, 3.8) is 0 Å². The molecule has 52 heavy (non-hydrogen) atoms. The van der Waals surface area contributed by atoms with Crippen LogP contribution in [-0.4, -0.2) is 110 Å². The third-order valence-electron chi connectivity index (χ3n) is 8.10. The van der Waals surface area contributed by atoms with E-state index in [9.17, 15) is 39.0 Å². The monoisotopic (exact) mass is 733 g/mol. The Morgan fingerprint density at radius 3 is 1.67 bits per heavy atom. The first kappa shape index (κ1) is 46.7. The molecule has 2 aliphatic heterocycles. The predicted octanol–water partition coefficient (Wildman–Crippen LogP) is 0.0201. The maximum atomic E-state index is 12.3. The number of fused-ring (bicyclic) bond motifs is 2. The van der Waals surface area contributed by atoms with Crippen LogP contribution in [0.2, 0.25) is 0 Å². The molecule has 0 spiro atoms. The number of carbonyl (C=O) groups is 6. The maximum Gasteiger partial charge on any atom is 1.00 e. The summed E-state index contributed by atoms with van der Waals surface area (Å²) in [6.07, 6.45) is 1.94. The average Bonchev–Trinajstić information content (AvgIpc) is 3.71. The summed E-state index contributed by atoms with van der Waals surface area (Å²) in [4.78, 5) is 87.7. The number of Topliss-reactive ketones (excluding diaryl/α,β-unsaturated/α-hetero) is 4. The minimum absolute atomic E-state index is 0.